The van der Waals surface area contributed by atoms with E-state index in [-0.39, 0.29) is 5.91 Å². The van der Waals surface area contributed by atoms with E-state index < -0.39 is 26.0 Å². The molecule has 0 spiro atoms. The fraction of sp³-hybridized carbons (Fsp3) is 0.500. The van der Waals surface area contributed by atoms with Crippen LogP contribution in [0.15, 0.2) is 18.2 Å². The molecule has 1 aromatic rings. The SMILES string of the molecule is CC1(C)Oc2ccc(C#N)cc2C(N2CCCC2=O)C1O[PH](=O)O. The molecule has 24 heavy (non-hydrogen) atoms. The van der Waals surface area contributed by atoms with Gasteiger partial charge in [0.05, 0.1) is 17.7 Å². The first-order chi connectivity index (χ1) is 11.3. The van der Waals surface area contributed by atoms with Gasteiger partial charge in [-0.15, -0.1) is 0 Å². The Balaban J connectivity index is 2.15. The van der Waals surface area contributed by atoms with Gasteiger partial charge in [0.15, 0.2) is 0 Å². The number of nitriles is 1. The van der Waals surface area contributed by atoms with E-state index in [4.69, 9.17) is 14.5 Å². The van der Waals surface area contributed by atoms with E-state index in [0.717, 1.165) is 6.42 Å². The molecule has 3 atom stereocenters. The van der Waals surface area contributed by atoms with E-state index in [1.807, 2.05) is 0 Å². The predicted octanol–water partition coefficient (Wildman–Crippen LogP) is 2.16. The number of nitrogens with zero attached hydrogens (tertiary/aromatic N) is 2. The van der Waals surface area contributed by atoms with Crippen LogP contribution in [0, 0.1) is 11.3 Å². The zero-order valence-corrected chi connectivity index (χ0v) is 14.5. The van der Waals surface area contributed by atoms with Crippen LogP contribution in [0.2, 0.25) is 0 Å². The smallest absolute Gasteiger partial charge is 0.317 e. The van der Waals surface area contributed by atoms with Crippen molar-refractivity contribution in [3.8, 4) is 11.8 Å². The van der Waals surface area contributed by atoms with Gasteiger partial charge in [0.1, 0.15) is 17.5 Å². The van der Waals surface area contributed by atoms with Crippen LogP contribution >= 0.6 is 8.25 Å². The van der Waals surface area contributed by atoms with Crippen molar-refractivity contribution in [2.75, 3.05) is 6.54 Å². The van der Waals surface area contributed by atoms with Gasteiger partial charge in [-0.1, -0.05) is 0 Å². The molecule has 2 heterocycles. The topological polar surface area (TPSA) is 99.9 Å². The molecular formula is C16H19N2O5P. The molecule has 2 aliphatic heterocycles. The summed E-state index contributed by atoms with van der Waals surface area (Å²) in [6, 6.07) is 6.51. The van der Waals surface area contributed by atoms with Crippen molar-refractivity contribution < 1.29 is 23.5 Å². The molecule has 1 amide bonds. The van der Waals surface area contributed by atoms with Gasteiger partial charge in [-0.3, -0.25) is 9.36 Å². The lowest BCUT2D eigenvalue weighted by Crippen LogP contribution is -2.54. The minimum Gasteiger partial charge on any atom is -0.485 e. The van der Waals surface area contributed by atoms with Crippen LogP contribution < -0.4 is 4.74 Å². The zero-order valence-electron chi connectivity index (χ0n) is 13.5. The predicted molar refractivity (Wildman–Crippen MR) is 85.6 cm³/mol. The zero-order chi connectivity index (χ0) is 17.5. The molecule has 0 bridgehead atoms. The molecule has 0 saturated carbocycles. The van der Waals surface area contributed by atoms with Crippen molar-refractivity contribution in [1.29, 1.82) is 5.26 Å². The van der Waals surface area contributed by atoms with Crippen molar-refractivity contribution in [3.05, 3.63) is 29.3 Å². The number of carbonyl (C=O) groups excluding carboxylic acids is 1. The molecule has 8 heteroatoms. The number of carbonyl (C=O) groups is 1. The lowest BCUT2D eigenvalue weighted by atomic mass is 9.85. The van der Waals surface area contributed by atoms with Gasteiger partial charge in [0, 0.05) is 18.5 Å². The maximum absolute atomic E-state index is 12.3. The number of ether oxygens (including phenoxy) is 1. The van der Waals surface area contributed by atoms with Gasteiger partial charge in [-0.2, -0.15) is 5.26 Å². The van der Waals surface area contributed by atoms with E-state index in [1.54, 1.807) is 36.9 Å². The number of hydrogen-bond donors (Lipinski definition) is 1. The Hall–Kier alpha value is -1.87. The van der Waals surface area contributed by atoms with E-state index in [0.29, 0.717) is 29.8 Å². The van der Waals surface area contributed by atoms with Crippen LogP contribution in [0.3, 0.4) is 0 Å². The van der Waals surface area contributed by atoms with Crippen LogP contribution in [-0.2, 0) is 13.9 Å². The first-order valence-electron chi connectivity index (χ1n) is 7.75. The van der Waals surface area contributed by atoms with Crippen molar-refractivity contribution >= 4 is 14.2 Å². The molecule has 0 aromatic heterocycles. The molecule has 1 aromatic carbocycles. The third kappa shape index (κ3) is 2.93. The minimum atomic E-state index is -3.23. The monoisotopic (exact) mass is 350 g/mol. The number of likely N-dealkylation sites (tertiary alicyclic amines) is 1. The van der Waals surface area contributed by atoms with Crippen LogP contribution in [-0.4, -0.2) is 34.0 Å². The number of fused-ring (bicyclic) bond motifs is 1. The van der Waals surface area contributed by atoms with Gasteiger partial charge in [0.2, 0.25) is 5.91 Å². The molecule has 3 rings (SSSR count). The summed E-state index contributed by atoms with van der Waals surface area (Å²) < 4.78 is 22.6. The highest BCUT2D eigenvalue weighted by Crippen LogP contribution is 2.47. The van der Waals surface area contributed by atoms with E-state index >= 15 is 0 Å². The average Bonchev–Trinajstić information content (AvgIpc) is 2.93. The van der Waals surface area contributed by atoms with Gasteiger partial charge in [0.25, 0.3) is 0 Å². The molecular weight excluding hydrogens is 331 g/mol. The van der Waals surface area contributed by atoms with Crippen molar-refractivity contribution in [3.63, 3.8) is 0 Å². The van der Waals surface area contributed by atoms with Gasteiger partial charge < -0.3 is 19.1 Å². The largest absolute Gasteiger partial charge is 0.485 e. The Morgan fingerprint density at radius 2 is 2.25 bits per heavy atom. The number of hydrogen-bond acceptors (Lipinski definition) is 5. The summed E-state index contributed by atoms with van der Waals surface area (Å²) in [6.07, 6.45) is 0.356. The molecule has 3 unspecified atom stereocenters. The summed E-state index contributed by atoms with van der Waals surface area (Å²) in [5.41, 5.74) is 0.165. The quantitative estimate of drug-likeness (QED) is 0.839. The first kappa shape index (κ1) is 17.0. The van der Waals surface area contributed by atoms with E-state index in [2.05, 4.69) is 6.07 Å². The fourth-order valence-corrected chi connectivity index (χ4v) is 4.07. The second-order valence-corrected chi connectivity index (χ2v) is 7.28. The van der Waals surface area contributed by atoms with Crippen LogP contribution in [0.25, 0.3) is 0 Å². The number of benzene rings is 1. The first-order valence-corrected chi connectivity index (χ1v) is 9.02. The Labute approximate surface area is 140 Å². The summed E-state index contributed by atoms with van der Waals surface area (Å²) in [5.74, 6) is 0.526. The van der Waals surface area contributed by atoms with Crippen LogP contribution in [0.5, 0.6) is 5.75 Å². The molecule has 7 nitrogen and oxygen atoms in total. The molecule has 1 N–H and O–H groups in total. The maximum atomic E-state index is 12.3. The summed E-state index contributed by atoms with van der Waals surface area (Å²) in [4.78, 5) is 23.3. The average molecular weight is 350 g/mol. The molecule has 1 fully saturated rings. The Morgan fingerprint density at radius 1 is 1.50 bits per heavy atom. The summed E-state index contributed by atoms with van der Waals surface area (Å²) in [5, 5.41) is 9.17. The third-order valence-corrected chi connectivity index (χ3v) is 4.93. The molecule has 128 valence electrons. The van der Waals surface area contributed by atoms with Crippen LogP contribution in [0.1, 0.15) is 43.9 Å². The standard InChI is InChI=1S/C16H19N2O5P/c1-16(2)15(23-24(20)21)14(18-7-3-4-13(18)19)11-8-10(9-17)5-6-12(11)22-16/h5-6,8,14-15,24H,3-4,7H2,1-2H3,(H,20,21). The molecule has 0 aliphatic carbocycles. The van der Waals surface area contributed by atoms with Crippen molar-refractivity contribution in [2.45, 2.75) is 44.4 Å². The van der Waals surface area contributed by atoms with Gasteiger partial charge in [-0.25, -0.2) is 0 Å². The Morgan fingerprint density at radius 3 is 2.83 bits per heavy atom. The molecule has 0 radical (unpaired) electrons. The van der Waals surface area contributed by atoms with Crippen molar-refractivity contribution in [2.24, 2.45) is 0 Å². The van der Waals surface area contributed by atoms with Crippen LogP contribution in [0.4, 0.5) is 0 Å². The fourth-order valence-electron chi connectivity index (χ4n) is 3.44. The maximum Gasteiger partial charge on any atom is 0.317 e. The number of rotatable bonds is 3. The number of amides is 1. The van der Waals surface area contributed by atoms with E-state index in [9.17, 15) is 14.3 Å². The summed E-state index contributed by atoms with van der Waals surface area (Å²) >= 11 is 0. The second kappa shape index (κ2) is 6.21. The lowest BCUT2D eigenvalue weighted by Gasteiger charge is -2.46. The Bertz CT molecular complexity index is 742. The highest BCUT2D eigenvalue weighted by Gasteiger charge is 2.49. The van der Waals surface area contributed by atoms with Crippen molar-refractivity contribution in [1.82, 2.24) is 4.90 Å². The van der Waals surface area contributed by atoms with Gasteiger partial charge in [-0.05, 0) is 38.5 Å². The van der Waals surface area contributed by atoms with E-state index in [1.165, 1.54) is 0 Å². The normalized spacial score (nSPS) is 26.4. The summed E-state index contributed by atoms with van der Waals surface area (Å²) in [7, 11) is -3.23. The lowest BCUT2D eigenvalue weighted by molar-refractivity contribution is -0.137. The third-order valence-electron chi connectivity index (χ3n) is 4.48. The highest BCUT2D eigenvalue weighted by atomic mass is 31.1. The molecule has 2 aliphatic rings. The highest BCUT2D eigenvalue weighted by molar-refractivity contribution is 7.32. The minimum absolute atomic E-state index is 0.0304. The summed E-state index contributed by atoms with van der Waals surface area (Å²) in [6.45, 7) is 4.07. The molecule has 1 saturated heterocycles. The van der Waals surface area contributed by atoms with Gasteiger partial charge >= 0.3 is 8.25 Å². The Kier molecular flexibility index (Phi) is 4.39. The second-order valence-electron chi connectivity index (χ2n) is 6.51.